The van der Waals surface area contributed by atoms with E-state index in [1.54, 1.807) is 0 Å². The summed E-state index contributed by atoms with van der Waals surface area (Å²) in [5.41, 5.74) is 14.9. The van der Waals surface area contributed by atoms with Crippen molar-refractivity contribution in [2.24, 2.45) is 0 Å². The normalized spacial score (nSPS) is 10.5. The van der Waals surface area contributed by atoms with Crippen LogP contribution in [0.1, 0.15) is 11.1 Å². The topological polar surface area (TPSA) is 70.5 Å². The number of nitrogens with two attached hydrogens (primary N) is 2. The minimum absolute atomic E-state index is 0.240. The molecule has 19 heavy (non-hydrogen) atoms. The highest BCUT2D eigenvalue weighted by Crippen LogP contribution is 2.09. The highest BCUT2D eigenvalue weighted by molar-refractivity contribution is 5.40. The molecule has 0 fully saturated rings. The average Bonchev–Trinajstić information content (AvgIpc) is 2.38. The summed E-state index contributed by atoms with van der Waals surface area (Å²) in [7, 11) is 0. The molecule has 0 unspecified atom stereocenters. The molecular formula is C15H18N2O2. The highest BCUT2D eigenvalue weighted by Gasteiger charge is 1.96. The van der Waals surface area contributed by atoms with Gasteiger partial charge in [-0.2, -0.15) is 0 Å². The van der Waals surface area contributed by atoms with E-state index in [-0.39, 0.29) is 6.79 Å². The van der Waals surface area contributed by atoms with Crippen molar-refractivity contribution < 1.29 is 9.47 Å². The van der Waals surface area contributed by atoms with Crippen LogP contribution in [0.2, 0.25) is 0 Å². The van der Waals surface area contributed by atoms with Crippen molar-refractivity contribution in [3.8, 4) is 0 Å². The maximum Gasteiger partial charge on any atom is 0.147 e. The molecule has 4 heteroatoms. The van der Waals surface area contributed by atoms with Crippen LogP contribution in [0, 0.1) is 0 Å². The van der Waals surface area contributed by atoms with Gasteiger partial charge in [0.15, 0.2) is 0 Å². The van der Waals surface area contributed by atoms with Gasteiger partial charge in [-0.3, -0.25) is 0 Å². The van der Waals surface area contributed by atoms with Crippen molar-refractivity contribution in [3.63, 3.8) is 0 Å². The van der Waals surface area contributed by atoms with Gasteiger partial charge < -0.3 is 20.9 Å². The van der Waals surface area contributed by atoms with Gasteiger partial charge in [-0.05, 0) is 35.4 Å². The smallest absolute Gasteiger partial charge is 0.147 e. The van der Waals surface area contributed by atoms with E-state index in [1.165, 1.54) is 0 Å². The van der Waals surface area contributed by atoms with Crippen LogP contribution >= 0.6 is 0 Å². The molecule has 0 saturated heterocycles. The Morgan fingerprint density at radius 2 is 1.21 bits per heavy atom. The molecule has 100 valence electrons. The maximum absolute atomic E-state index is 5.68. The predicted molar refractivity (Wildman–Crippen MR) is 76.2 cm³/mol. The van der Waals surface area contributed by atoms with Crippen molar-refractivity contribution in [3.05, 3.63) is 59.7 Å². The Kier molecular flexibility index (Phi) is 4.78. The number of hydrogen-bond acceptors (Lipinski definition) is 4. The van der Waals surface area contributed by atoms with E-state index in [0.29, 0.717) is 13.2 Å². The molecule has 2 aromatic carbocycles. The molecule has 0 heterocycles. The number of benzene rings is 2. The largest absolute Gasteiger partial charge is 0.399 e. The first kappa shape index (κ1) is 13.4. The molecule has 0 amide bonds. The number of ether oxygens (including phenoxy) is 2. The first-order valence-electron chi connectivity index (χ1n) is 6.08. The molecule has 0 saturated carbocycles. The molecular weight excluding hydrogens is 240 g/mol. The first-order chi connectivity index (χ1) is 9.24. The van der Waals surface area contributed by atoms with Gasteiger partial charge in [0.2, 0.25) is 0 Å². The van der Waals surface area contributed by atoms with E-state index in [9.17, 15) is 0 Å². The van der Waals surface area contributed by atoms with Crippen molar-refractivity contribution >= 4 is 11.4 Å². The second kappa shape index (κ2) is 6.78. The first-order valence-corrected chi connectivity index (χ1v) is 6.08. The van der Waals surface area contributed by atoms with Crippen LogP contribution in [-0.4, -0.2) is 6.79 Å². The zero-order chi connectivity index (χ0) is 13.5. The Morgan fingerprint density at radius 3 is 1.63 bits per heavy atom. The van der Waals surface area contributed by atoms with Gasteiger partial charge in [0.1, 0.15) is 6.79 Å². The van der Waals surface area contributed by atoms with E-state index in [0.717, 1.165) is 22.5 Å². The summed E-state index contributed by atoms with van der Waals surface area (Å²) in [6, 6.07) is 15.2. The molecule has 0 aliphatic rings. The van der Waals surface area contributed by atoms with Crippen molar-refractivity contribution in [2.45, 2.75) is 13.2 Å². The van der Waals surface area contributed by atoms with E-state index >= 15 is 0 Å². The summed E-state index contributed by atoms with van der Waals surface area (Å²) < 4.78 is 10.8. The van der Waals surface area contributed by atoms with Crippen LogP contribution in [0.25, 0.3) is 0 Å². The summed E-state index contributed by atoms with van der Waals surface area (Å²) in [6.07, 6.45) is 0. The summed E-state index contributed by atoms with van der Waals surface area (Å²) in [6.45, 7) is 1.22. The number of rotatable bonds is 6. The van der Waals surface area contributed by atoms with Gasteiger partial charge in [0.25, 0.3) is 0 Å². The SMILES string of the molecule is Nc1cccc(COCOCc2cccc(N)c2)c1. The maximum atomic E-state index is 5.68. The summed E-state index contributed by atoms with van der Waals surface area (Å²) in [5, 5.41) is 0. The lowest BCUT2D eigenvalue weighted by Gasteiger charge is -2.07. The summed E-state index contributed by atoms with van der Waals surface area (Å²) in [4.78, 5) is 0. The van der Waals surface area contributed by atoms with Crippen molar-refractivity contribution in [1.29, 1.82) is 0 Å². The third-order valence-corrected chi connectivity index (χ3v) is 2.61. The average molecular weight is 258 g/mol. The molecule has 0 bridgehead atoms. The minimum atomic E-state index is 0.240. The second-order valence-electron chi connectivity index (χ2n) is 4.30. The van der Waals surface area contributed by atoms with E-state index in [4.69, 9.17) is 20.9 Å². The van der Waals surface area contributed by atoms with Crippen LogP contribution in [0.4, 0.5) is 11.4 Å². The molecule has 0 radical (unpaired) electrons. The zero-order valence-corrected chi connectivity index (χ0v) is 10.7. The standard InChI is InChI=1S/C15H18N2O2/c16-14-5-1-3-12(7-14)9-18-11-19-10-13-4-2-6-15(17)8-13/h1-8H,9-11,16-17H2. The Bertz CT molecular complexity index is 482. The molecule has 2 rings (SSSR count). The van der Waals surface area contributed by atoms with Crippen molar-refractivity contribution in [2.75, 3.05) is 18.3 Å². The van der Waals surface area contributed by atoms with Gasteiger partial charge in [-0.15, -0.1) is 0 Å². The van der Waals surface area contributed by atoms with Gasteiger partial charge in [0.05, 0.1) is 13.2 Å². The van der Waals surface area contributed by atoms with Gasteiger partial charge in [-0.25, -0.2) is 0 Å². The van der Waals surface area contributed by atoms with E-state index in [1.807, 2.05) is 48.5 Å². The fourth-order valence-corrected chi connectivity index (χ4v) is 1.74. The number of hydrogen-bond donors (Lipinski definition) is 2. The molecule has 4 N–H and O–H groups in total. The molecule has 0 aliphatic heterocycles. The molecule has 0 aromatic heterocycles. The lowest BCUT2D eigenvalue weighted by Crippen LogP contribution is -2.01. The zero-order valence-electron chi connectivity index (χ0n) is 10.7. The molecule has 2 aromatic rings. The Balaban J connectivity index is 1.67. The number of anilines is 2. The predicted octanol–water partition coefficient (Wildman–Crippen LogP) is 2.54. The van der Waals surface area contributed by atoms with Crippen molar-refractivity contribution in [1.82, 2.24) is 0 Å². The Labute approximate surface area is 112 Å². The van der Waals surface area contributed by atoms with E-state index < -0.39 is 0 Å². The van der Waals surface area contributed by atoms with Gasteiger partial charge >= 0.3 is 0 Å². The quantitative estimate of drug-likeness (QED) is 0.474. The van der Waals surface area contributed by atoms with Crippen LogP contribution in [-0.2, 0) is 22.7 Å². The Hall–Kier alpha value is -2.04. The monoisotopic (exact) mass is 258 g/mol. The number of nitrogen functional groups attached to an aromatic ring is 2. The second-order valence-corrected chi connectivity index (χ2v) is 4.30. The van der Waals surface area contributed by atoms with E-state index in [2.05, 4.69) is 0 Å². The molecule has 0 atom stereocenters. The third kappa shape index (κ3) is 4.62. The lowest BCUT2D eigenvalue weighted by molar-refractivity contribution is -0.0689. The molecule has 0 aliphatic carbocycles. The van der Waals surface area contributed by atoms with Crippen LogP contribution in [0.5, 0.6) is 0 Å². The van der Waals surface area contributed by atoms with Crippen LogP contribution in [0.15, 0.2) is 48.5 Å². The van der Waals surface area contributed by atoms with Crippen LogP contribution in [0.3, 0.4) is 0 Å². The fourth-order valence-electron chi connectivity index (χ4n) is 1.74. The van der Waals surface area contributed by atoms with Gasteiger partial charge in [0, 0.05) is 11.4 Å². The third-order valence-electron chi connectivity index (χ3n) is 2.61. The minimum Gasteiger partial charge on any atom is -0.399 e. The Morgan fingerprint density at radius 1 is 0.737 bits per heavy atom. The summed E-state index contributed by atoms with van der Waals surface area (Å²) >= 11 is 0. The molecule has 0 spiro atoms. The fraction of sp³-hybridized carbons (Fsp3) is 0.200. The lowest BCUT2D eigenvalue weighted by atomic mass is 10.2. The van der Waals surface area contributed by atoms with Crippen LogP contribution < -0.4 is 11.5 Å². The molecule has 4 nitrogen and oxygen atoms in total. The van der Waals surface area contributed by atoms with Gasteiger partial charge in [-0.1, -0.05) is 24.3 Å². The highest BCUT2D eigenvalue weighted by atomic mass is 16.7. The summed E-state index contributed by atoms with van der Waals surface area (Å²) in [5.74, 6) is 0.